The van der Waals surface area contributed by atoms with Gasteiger partial charge in [0.15, 0.2) is 0 Å². The summed E-state index contributed by atoms with van der Waals surface area (Å²) < 4.78 is 28.2. The van der Waals surface area contributed by atoms with Gasteiger partial charge in [-0.15, -0.1) is 0 Å². The molecule has 0 unspecified atom stereocenters. The zero-order valence-electron chi connectivity index (χ0n) is 17.5. The first kappa shape index (κ1) is 22.2. The van der Waals surface area contributed by atoms with Gasteiger partial charge in [-0.05, 0) is 55.2 Å². The van der Waals surface area contributed by atoms with Gasteiger partial charge in [-0.25, -0.2) is 13.1 Å². The molecule has 0 atom stereocenters. The Hall–Kier alpha value is -2.44. The SMILES string of the molecule is CN(C(=O)/C=C/Cc1ccccc1)c1ccc(S(=O)(=O)NC2CCCCCC2)cc1. The summed E-state index contributed by atoms with van der Waals surface area (Å²) in [5.74, 6) is -0.155. The van der Waals surface area contributed by atoms with Crippen LogP contribution in [-0.4, -0.2) is 27.4 Å². The molecule has 0 spiro atoms. The maximum absolute atomic E-state index is 12.7. The fraction of sp³-hybridized carbons (Fsp3) is 0.375. The van der Waals surface area contributed by atoms with E-state index in [9.17, 15) is 13.2 Å². The van der Waals surface area contributed by atoms with Crippen LogP contribution in [0.4, 0.5) is 5.69 Å². The van der Waals surface area contributed by atoms with E-state index >= 15 is 0 Å². The van der Waals surface area contributed by atoms with Gasteiger partial charge >= 0.3 is 0 Å². The van der Waals surface area contributed by atoms with Crippen LogP contribution < -0.4 is 9.62 Å². The molecule has 0 radical (unpaired) electrons. The van der Waals surface area contributed by atoms with Gasteiger partial charge in [0.05, 0.1) is 4.90 Å². The van der Waals surface area contributed by atoms with Crippen molar-refractivity contribution in [3.05, 3.63) is 72.3 Å². The fourth-order valence-corrected chi connectivity index (χ4v) is 4.99. The number of hydrogen-bond acceptors (Lipinski definition) is 3. The van der Waals surface area contributed by atoms with E-state index in [-0.39, 0.29) is 16.8 Å². The molecule has 1 aliphatic carbocycles. The van der Waals surface area contributed by atoms with Crippen LogP contribution in [-0.2, 0) is 21.2 Å². The molecule has 5 nitrogen and oxygen atoms in total. The molecule has 1 fully saturated rings. The lowest BCUT2D eigenvalue weighted by Crippen LogP contribution is -2.34. The summed E-state index contributed by atoms with van der Waals surface area (Å²) in [6, 6.07) is 16.4. The van der Waals surface area contributed by atoms with Crippen LogP contribution in [0.2, 0.25) is 0 Å². The van der Waals surface area contributed by atoms with E-state index in [2.05, 4.69) is 4.72 Å². The maximum atomic E-state index is 12.7. The van der Waals surface area contributed by atoms with Crippen molar-refractivity contribution in [1.29, 1.82) is 0 Å². The number of anilines is 1. The average Bonchev–Trinajstić information content (AvgIpc) is 3.02. The van der Waals surface area contributed by atoms with E-state index in [0.29, 0.717) is 12.1 Å². The molecule has 30 heavy (non-hydrogen) atoms. The van der Waals surface area contributed by atoms with Gasteiger partial charge in [0.1, 0.15) is 0 Å². The number of sulfonamides is 1. The first-order chi connectivity index (χ1) is 14.5. The second kappa shape index (κ2) is 10.5. The second-order valence-electron chi connectivity index (χ2n) is 7.79. The Balaban J connectivity index is 1.60. The van der Waals surface area contributed by atoms with Crippen LogP contribution in [0.1, 0.15) is 44.1 Å². The summed E-state index contributed by atoms with van der Waals surface area (Å²) in [5.41, 5.74) is 1.79. The molecule has 0 bridgehead atoms. The van der Waals surface area contributed by atoms with Crippen LogP contribution in [0, 0.1) is 0 Å². The highest BCUT2D eigenvalue weighted by Crippen LogP contribution is 2.21. The van der Waals surface area contributed by atoms with Crippen LogP contribution in [0.25, 0.3) is 0 Å². The molecule has 1 saturated carbocycles. The molecule has 6 heteroatoms. The molecule has 160 valence electrons. The van der Waals surface area contributed by atoms with E-state index in [0.717, 1.165) is 31.2 Å². The summed E-state index contributed by atoms with van der Waals surface area (Å²) >= 11 is 0. The van der Waals surface area contributed by atoms with Crippen molar-refractivity contribution in [2.45, 2.75) is 55.9 Å². The molecule has 1 aliphatic rings. The minimum Gasteiger partial charge on any atom is -0.312 e. The van der Waals surface area contributed by atoms with Crippen LogP contribution >= 0.6 is 0 Å². The Bertz CT molecular complexity index is 946. The Morgan fingerprint density at radius 3 is 2.27 bits per heavy atom. The molecule has 2 aromatic rings. The molecule has 2 aromatic carbocycles. The summed E-state index contributed by atoms with van der Waals surface area (Å²) in [7, 11) is -1.87. The van der Waals surface area contributed by atoms with Crippen LogP contribution in [0.15, 0.2) is 71.6 Å². The third-order valence-electron chi connectivity index (χ3n) is 5.50. The number of benzene rings is 2. The highest BCUT2D eigenvalue weighted by Gasteiger charge is 2.21. The summed E-state index contributed by atoms with van der Waals surface area (Å²) in [5, 5.41) is 0. The van der Waals surface area contributed by atoms with Crippen molar-refractivity contribution in [1.82, 2.24) is 4.72 Å². The standard InChI is InChI=1S/C24H30N2O3S/c1-26(24(27)15-9-12-20-10-5-4-6-11-20)22-16-18-23(19-17-22)30(28,29)25-21-13-7-2-3-8-14-21/h4-6,9-11,15-19,21,25H,2-3,7-8,12-14H2,1H3/b15-9+. The van der Waals surface area contributed by atoms with Gasteiger partial charge < -0.3 is 4.90 Å². The fourth-order valence-electron chi connectivity index (χ4n) is 3.68. The van der Waals surface area contributed by atoms with Crippen molar-refractivity contribution in [2.75, 3.05) is 11.9 Å². The number of allylic oxidation sites excluding steroid dienone is 1. The molecule has 0 aromatic heterocycles. The van der Waals surface area contributed by atoms with Gasteiger partial charge in [-0.3, -0.25) is 4.79 Å². The Morgan fingerprint density at radius 2 is 1.63 bits per heavy atom. The third kappa shape index (κ3) is 6.28. The summed E-state index contributed by atoms with van der Waals surface area (Å²) in [4.78, 5) is 14.2. The largest absolute Gasteiger partial charge is 0.312 e. The van der Waals surface area contributed by atoms with Crippen LogP contribution in [0.3, 0.4) is 0 Å². The average molecular weight is 427 g/mol. The highest BCUT2D eigenvalue weighted by molar-refractivity contribution is 7.89. The van der Waals surface area contributed by atoms with E-state index in [1.165, 1.54) is 17.7 Å². The number of carbonyl (C=O) groups excluding carboxylic acids is 1. The van der Waals surface area contributed by atoms with Crippen molar-refractivity contribution in [3.63, 3.8) is 0 Å². The molecule has 0 aliphatic heterocycles. The van der Waals surface area contributed by atoms with E-state index in [1.807, 2.05) is 36.4 Å². The second-order valence-corrected chi connectivity index (χ2v) is 9.51. The molecular weight excluding hydrogens is 396 g/mol. The normalized spacial score (nSPS) is 15.8. The molecule has 0 saturated heterocycles. The van der Waals surface area contributed by atoms with E-state index in [1.54, 1.807) is 37.4 Å². The number of hydrogen-bond donors (Lipinski definition) is 1. The summed E-state index contributed by atoms with van der Waals surface area (Å²) in [6.07, 6.45) is 10.3. The van der Waals surface area contributed by atoms with Crippen molar-refractivity contribution in [3.8, 4) is 0 Å². The quantitative estimate of drug-likeness (QED) is 0.525. The third-order valence-corrected chi connectivity index (χ3v) is 7.04. The number of nitrogens with zero attached hydrogens (tertiary/aromatic N) is 1. The topological polar surface area (TPSA) is 66.5 Å². The Kier molecular flexibility index (Phi) is 7.82. The van der Waals surface area contributed by atoms with E-state index < -0.39 is 10.0 Å². The van der Waals surface area contributed by atoms with Crippen molar-refractivity contribution in [2.24, 2.45) is 0 Å². The number of likely N-dealkylation sites (N-methyl/N-ethyl adjacent to an activating group) is 1. The highest BCUT2D eigenvalue weighted by atomic mass is 32.2. The molecule has 1 amide bonds. The molecule has 3 rings (SSSR count). The first-order valence-electron chi connectivity index (χ1n) is 10.6. The Morgan fingerprint density at radius 1 is 1.00 bits per heavy atom. The van der Waals surface area contributed by atoms with Gasteiger partial charge in [-0.2, -0.15) is 0 Å². The lowest BCUT2D eigenvalue weighted by molar-refractivity contribution is -0.113. The molecule has 1 N–H and O–H groups in total. The lowest BCUT2D eigenvalue weighted by atomic mass is 10.1. The van der Waals surface area contributed by atoms with Crippen LogP contribution in [0.5, 0.6) is 0 Å². The number of nitrogens with one attached hydrogen (secondary N) is 1. The predicted molar refractivity (Wildman–Crippen MR) is 121 cm³/mol. The minimum atomic E-state index is -3.55. The molecule has 0 heterocycles. The van der Waals surface area contributed by atoms with Crippen molar-refractivity contribution < 1.29 is 13.2 Å². The van der Waals surface area contributed by atoms with E-state index in [4.69, 9.17) is 0 Å². The van der Waals surface area contributed by atoms with Gasteiger partial charge in [0.2, 0.25) is 15.9 Å². The van der Waals surface area contributed by atoms with Gasteiger partial charge in [-0.1, -0.05) is 62.1 Å². The predicted octanol–water partition coefficient (Wildman–Crippen LogP) is 4.45. The minimum absolute atomic E-state index is 0.0104. The monoisotopic (exact) mass is 426 g/mol. The number of carbonyl (C=O) groups is 1. The van der Waals surface area contributed by atoms with Gasteiger partial charge in [0, 0.05) is 18.8 Å². The molecular formula is C24H30N2O3S. The Labute approximate surface area is 179 Å². The number of amides is 1. The smallest absolute Gasteiger partial charge is 0.250 e. The zero-order valence-corrected chi connectivity index (χ0v) is 18.3. The maximum Gasteiger partial charge on any atom is 0.250 e. The summed E-state index contributed by atoms with van der Waals surface area (Å²) in [6.45, 7) is 0. The lowest BCUT2D eigenvalue weighted by Gasteiger charge is -2.18. The number of rotatable bonds is 7. The van der Waals surface area contributed by atoms with Gasteiger partial charge in [0.25, 0.3) is 0 Å². The van der Waals surface area contributed by atoms with Crippen molar-refractivity contribution >= 4 is 21.6 Å². The first-order valence-corrected chi connectivity index (χ1v) is 12.0. The zero-order chi connectivity index (χ0) is 21.4.